The summed E-state index contributed by atoms with van der Waals surface area (Å²) in [4.78, 5) is 6.41. The molecule has 0 amide bonds. The molecule has 0 saturated carbocycles. The molecule has 0 aliphatic carbocycles. The van der Waals surface area contributed by atoms with Crippen LogP contribution in [-0.2, 0) is 6.42 Å². The van der Waals surface area contributed by atoms with Gasteiger partial charge in [0.1, 0.15) is 0 Å². The minimum atomic E-state index is -0.235. The van der Waals surface area contributed by atoms with Gasteiger partial charge in [0.2, 0.25) is 0 Å². The Bertz CT molecular complexity index is 536. The van der Waals surface area contributed by atoms with E-state index in [9.17, 15) is 0 Å². The van der Waals surface area contributed by atoms with Gasteiger partial charge in [-0.05, 0) is 32.1 Å². The smallest absolute Gasteiger partial charge is 0.258 e. The molecule has 0 spiro atoms. The first-order chi connectivity index (χ1) is 9.11. The number of hydrogen-bond acceptors (Lipinski definition) is 5. The van der Waals surface area contributed by atoms with Crippen molar-refractivity contribution in [1.29, 1.82) is 0 Å². The highest BCUT2D eigenvalue weighted by Crippen LogP contribution is 2.23. The molecule has 102 valence electrons. The quantitative estimate of drug-likeness (QED) is 0.888. The third-order valence-electron chi connectivity index (χ3n) is 2.96. The summed E-state index contributed by atoms with van der Waals surface area (Å²) in [5.74, 6) is 1.09. The van der Waals surface area contributed by atoms with E-state index in [0.29, 0.717) is 18.3 Å². The lowest BCUT2D eigenvalue weighted by Gasteiger charge is -2.12. The van der Waals surface area contributed by atoms with Crippen LogP contribution in [0.4, 0.5) is 0 Å². The van der Waals surface area contributed by atoms with Crippen molar-refractivity contribution in [2.24, 2.45) is 5.73 Å². The third kappa shape index (κ3) is 3.19. The van der Waals surface area contributed by atoms with Gasteiger partial charge in [-0.3, -0.25) is 0 Å². The van der Waals surface area contributed by atoms with Crippen molar-refractivity contribution in [1.82, 2.24) is 15.0 Å². The van der Waals surface area contributed by atoms with Gasteiger partial charge in [-0.15, -0.1) is 0 Å². The Labute approximate surface area is 113 Å². The van der Waals surface area contributed by atoms with E-state index >= 15 is 0 Å². The molecule has 1 aromatic carbocycles. The van der Waals surface area contributed by atoms with E-state index in [1.165, 1.54) is 5.56 Å². The first-order valence-electron chi connectivity index (χ1n) is 6.44. The minimum absolute atomic E-state index is 0.235. The second-order valence-corrected chi connectivity index (χ2v) is 4.84. The Kier molecular flexibility index (Phi) is 4.29. The number of hydrogen-bond donors (Lipinski definition) is 1. The minimum Gasteiger partial charge on any atom is -0.334 e. The Morgan fingerprint density at radius 3 is 2.74 bits per heavy atom. The maximum absolute atomic E-state index is 6.03. The Morgan fingerprint density at radius 1 is 1.32 bits per heavy atom. The van der Waals surface area contributed by atoms with Gasteiger partial charge in [-0.1, -0.05) is 30.3 Å². The lowest BCUT2D eigenvalue weighted by atomic mass is 10.1. The number of aromatic nitrogens is 2. The Balaban J connectivity index is 2.25. The summed E-state index contributed by atoms with van der Waals surface area (Å²) in [5.41, 5.74) is 8.21. The van der Waals surface area contributed by atoms with Gasteiger partial charge >= 0.3 is 0 Å². The molecular weight excluding hydrogens is 240 g/mol. The molecule has 0 bridgehead atoms. The predicted molar refractivity (Wildman–Crippen MR) is 74.6 cm³/mol. The van der Waals surface area contributed by atoms with Crippen molar-refractivity contribution < 1.29 is 4.52 Å². The van der Waals surface area contributed by atoms with E-state index in [-0.39, 0.29) is 6.04 Å². The van der Waals surface area contributed by atoms with Crippen LogP contribution in [0, 0.1) is 0 Å². The second kappa shape index (κ2) is 5.95. The van der Waals surface area contributed by atoms with Crippen LogP contribution in [0.25, 0.3) is 11.5 Å². The molecule has 5 heteroatoms. The molecule has 0 fully saturated rings. The molecule has 5 nitrogen and oxygen atoms in total. The molecule has 2 rings (SSSR count). The normalized spacial score (nSPS) is 12.9. The summed E-state index contributed by atoms with van der Waals surface area (Å²) in [6.07, 6.45) is 0.928. The molecule has 0 aliphatic heterocycles. The van der Waals surface area contributed by atoms with E-state index in [2.05, 4.69) is 23.1 Å². The standard InChI is InChI=1S/C14H20N4O/c1-4-10-7-5-6-8-11(10)14-16-13(17-19-14)12(15)9-18(2)3/h5-8,12H,4,9,15H2,1-3H3. The summed E-state index contributed by atoms with van der Waals surface area (Å²) in [6.45, 7) is 2.79. The number of aryl methyl sites for hydroxylation is 1. The molecular formula is C14H20N4O. The number of nitrogens with two attached hydrogens (primary N) is 1. The third-order valence-corrected chi connectivity index (χ3v) is 2.96. The monoisotopic (exact) mass is 260 g/mol. The average molecular weight is 260 g/mol. The highest BCUT2D eigenvalue weighted by molar-refractivity contribution is 5.58. The maximum atomic E-state index is 6.03. The van der Waals surface area contributed by atoms with Crippen molar-refractivity contribution in [3.05, 3.63) is 35.7 Å². The Hall–Kier alpha value is -1.72. The predicted octanol–water partition coefficient (Wildman–Crippen LogP) is 1.86. The van der Waals surface area contributed by atoms with Crippen molar-refractivity contribution >= 4 is 0 Å². The second-order valence-electron chi connectivity index (χ2n) is 4.84. The van der Waals surface area contributed by atoms with Crippen molar-refractivity contribution in [2.75, 3.05) is 20.6 Å². The van der Waals surface area contributed by atoms with Gasteiger partial charge in [-0.2, -0.15) is 4.98 Å². The van der Waals surface area contributed by atoms with Crippen LogP contribution in [0.2, 0.25) is 0 Å². The number of likely N-dealkylation sites (N-methyl/N-ethyl adjacent to an activating group) is 1. The molecule has 1 heterocycles. The molecule has 1 atom stereocenters. The largest absolute Gasteiger partial charge is 0.334 e. The van der Waals surface area contributed by atoms with Crippen molar-refractivity contribution in [3.8, 4) is 11.5 Å². The summed E-state index contributed by atoms with van der Waals surface area (Å²) in [7, 11) is 3.93. The van der Waals surface area contributed by atoms with Crippen LogP contribution in [0.1, 0.15) is 24.4 Å². The number of rotatable bonds is 5. The van der Waals surface area contributed by atoms with Crippen LogP contribution in [0.3, 0.4) is 0 Å². The zero-order valence-corrected chi connectivity index (χ0v) is 11.6. The van der Waals surface area contributed by atoms with Crippen LogP contribution in [0.15, 0.2) is 28.8 Å². The lowest BCUT2D eigenvalue weighted by Crippen LogP contribution is -2.26. The van der Waals surface area contributed by atoms with Gasteiger partial charge < -0.3 is 15.2 Å². The van der Waals surface area contributed by atoms with Gasteiger partial charge in [0.05, 0.1) is 6.04 Å². The molecule has 19 heavy (non-hydrogen) atoms. The molecule has 2 N–H and O–H groups in total. The summed E-state index contributed by atoms with van der Waals surface area (Å²) in [5, 5.41) is 3.98. The first-order valence-corrected chi connectivity index (χ1v) is 6.44. The van der Waals surface area contributed by atoms with Crippen molar-refractivity contribution in [2.45, 2.75) is 19.4 Å². The molecule has 0 aliphatic rings. The van der Waals surface area contributed by atoms with E-state index in [4.69, 9.17) is 10.3 Å². The fourth-order valence-electron chi connectivity index (χ4n) is 2.01. The van der Waals surface area contributed by atoms with Crippen LogP contribution < -0.4 is 5.73 Å². The molecule has 1 unspecified atom stereocenters. The van der Waals surface area contributed by atoms with Crippen LogP contribution in [-0.4, -0.2) is 35.7 Å². The highest BCUT2D eigenvalue weighted by atomic mass is 16.5. The van der Waals surface area contributed by atoms with E-state index in [1.54, 1.807) is 0 Å². The van der Waals surface area contributed by atoms with Gasteiger partial charge in [0.25, 0.3) is 5.89 Å². The van der Waals surface area contributed by atoms with Gasteiger partial charge in [-0.25, -0.2) is 0 Å². The number of nitrogens with zero attached hydrogens (tertiary/aromatic N) is 3. The first kappa shape index (κ1) is 13.7. The highest BCUT2D eigenvalue weighted by Gasteiger charge is 2.17. The van der Waals surface area contributed by atoms with Crippen LogP contribution >= 0.6 is 0 Å². The van der Waals surface area contributed by atoms with Gasteiger partial charge in [0, 0.05) is 12.1 Å². The van der Waals surface area contributed by atoms with Gasteiger partial charge in [0.15, 0.2) is 5.82 Å². The van der Waals surface area contributed by atoms with Crippen LogP contribution in [0.5, 0.6) is 0 Å². The number of benzene rings is 1. The SMILES string of the molecule is CCc1ccccc1-c1nc(C(N)CN(C)C)no1. The molecule has 0 saturated heterocycles. The lowest BCUT2D eigenvalue weighted by molar-refractivity contribution is 0.357. The van der Waals surface area contributed by atoms with Crippen molar-refractivity contribution in [3.63, 3.8) is 0 Å². The van der Waals surface area contributed by atoms with E-state index in [1.807, 2.05) is 37.2 Å². The summed E-state index contributed by atoms with van der Waals surface area (Å²) >= 11 is 0. The maximum Gasteiger partial charge on any atom is 0.258 e. The summed E-state index contributed by atoms with van der Waals surface area (Å²) < 4.78 is 5.34. The Morgan fingerprint density at radius 2 is 2.05 bits per heavy atom. The fraction of sp³-hybridized carbons (Fsp3) is 0.429. The average Bonchev–Trinajstić information content (AvgIpc) is 2.87. The fourth-order valence-corrected chi connectivity index (χ4v) is 2.01. The van der Waals surface area contributed by atoms with E-state index in [0.717, 1.165) is 12.0 Å². The zero-order valence-electron chi connectivity index (χ0n) is 11.6. The summed E-state index contributed by atoms with van der Waals surface area (Å²) in [6, 6.07) is 7.81. The molecule has 2 aromatic rings. The molecule has 1 aromatic heterocycles. The topological polar surface area (TPSA) is 68.2 Å². The molecule has 0 radical (unpaired) electrons. The zero-order chi connectivity index (χ0) is 13.8. The van der Waals surface area contributed by atoms with E-state index < -0.39 is 0 Å².